The lowest BCUT2D eigenvalue weighted by Crippen LogP contribution is -2.57. The zero-order valence-corrected chi connectivity index (χ0v) is 10.2. The van der Waals surface area contributed by atoms with Crippen LogP contribution in [-0.4, -0.2) is 35.2 Å². The van der Waals surface area contributed by atoms with Gasteiger partial charge in [0.15, 0.2) is 5.75 Å². The van der Waals surface area contributed by atoms with E-state index in [1.165, 1.54) is 6.07 Å². The van der Waals surface area contributed by atoms with E-state index in [0.717, 1.165) is 25.9 Å². The van der Waals surface area contributed by atoms with Gasteiger partial charge in [-0.2, -0.15) is 0 Å². The lowest BCUT2D eigenvalue weighted by molar-refractivity contribution is 0.0745. The van der Waals surface area contributed by atoms with E-state index in [4.69, 9.17) is 9.52 Å². The minimum absolute atomic E-state index is 0.0364. The fourth-order valence-electron chi connectivity index (χ4n) is 2.03. The van der Waals surface area contributed by atoms with E-state index in [2.05, 4.69) is 24.1 Å². The maximum Gasteiger partial charge on any atom is 0.226 e. The number of aromatic hydroxyl groups is 1. The van der Waals surface area contributed by atoms with Gasteiger partial charge in [-0.05, 0) is 13.8 Å². The molecule has 0 saturated carbocycles. The molecule has 1 aliphatic heterocycles. The summed E-state index contributed by atoms with van der Waals surface area (Å²) in [5, 5.41) is 12.5. The summed E-state index contributed by atoms with van der Waals surface area (Å²) in [5.74, 6) is 0.246. The van der Waals surface area contributed by atoms with Crippen LogP contribution in [0.2, 0.25) is 0 Å². The molecule has 1 aromatic heterocycles. The lowest BCUT2D eigenvalue weighted by atomic mass is 10.00. The summed E-state index contributed by atoms with van der Waals surface area (Å²) in [7, 11) is 0. The van der Waals surface area contributed by atoms with Crippen LogP contribution in [0.25, 0.3) is 0 Å². The Balaban J connectivity index is 2.14. The van der Waals surface area contributed by atoms with E-state index in [-0.39, 0.29) is 16.7 Å². The molecule has 0 radical (unpaired) electrons. The molecule has 0 unspecified atom stereocenters. The van der Waals surface area contributed by atoms with Crippen LogP contribution in [0.15, 0.2) is 21.5 Å². The largest absolute Gasteiger partial charge is 0.502 e. The molecule has 0 aromatic carbocycles. The van der Waals surface area contributed by atoms with E-state index >= 15 is 0 Å². The Morgan fingerprint density at radius 2 is 2.35 bits per heavy atom. The second-order valence-corrected chi connectivity index (χ2v) is 5.01. The zero-order valence-electron chi connectivity index (χ0n) is 10.2. The molecule has 5 nitrogen and oxygen atoms in total. The monoisotopic (exact) mass is 238 g/mol. The van der Waals surface area contributed by atoms with Crippen LogP contribution >= 0.6 is 0 Å². The van der Waals surface area contributed by atoms with Crippen molar-refractivity contribution in [2.45, 2.75) is 25.9 Å². The number of piperazine rings is 1. The van der Waals surface area contributed by atoms with E-state index < -0.39 is 0 Å². The maximum atomic E-state index is 11.3. The molecule has 17 heavy (non-hydrogen) atoms. The summed E-state index contributed by atoms with van der Waals surface area (Å²) < 4.78 is 5.22. The van der Waals surface area contributed by atoms with Gasteiger partial charge >= 0.3 is 0 Å². The van der Waals surface area contributed by atoms with Crippen LogP contribution < -0.4 is 10.7 Å². The third-order valence-electron chi connectivity index (χ3n) is 3.19. The molecular weight excluding hydrogens is 220 g/mol. The van der Waals surface area contributed by atoms with Crippen molar-refractivity contribution in [2.24, 2.45) is 0 Å². The van der Waals surface area contributed by atoms with E-state index in [9.17, 15) is 4.79 Å². The van der Waals surface area contributed by atoms with Crippen molar-refractivity contribution in [1.29, 1.82) is 0 Å². The molecule has 2 N–H and O–H groups in total. The van der Waals surface area contributed by atoms with Crippen molar-refractivity contribution >= 4 is 0 Å². The molecule has 94 valence electrons. The molecule has 2 heterocycles. The number of hydrogen-bond donors (Lipinski definition) is 2. The van der Waals surface area contributed by atoms with Crippen molar-refractivity contribution in [3.05, 3.63) is 28.3 Å². The first-order valence-corrected chi connectivity index (χ1v) is 5.75. The molecule has 0 bridgehead atoms. The Kier molecular flexibility index (Phi) is 3.22. The van der Waals surface area contributed by atoms with Crippen molar-refractivity contribution in [3.63, 3.8) is 0 Å². The van der Waals surface area contributed by atoms with Crippen LogP contribution in [0.3, 0.4) is 0 Å². The molecule has 5 heteroatoms. The normalized spacial score (nSPS) is 20.4. The number of nitrogens with zero attached hydrogens (tertiary/aromatic N) is 1. The summed E-state index contributed by atoms with van der Waals surface area (Å²) in [4.78, 5) is 13.6. The van der Waals surface area contributed by atoms with Crippen LogP contribution in [0, 0.1) is 0 Å². The predicted molar refractivity (Wildman–Crippen MR) is 64.0 cm³/mol. The minimum Gasteiger partial charge on any atom is -0.502 e. The van der Waals surface area contributed by atoms with Crippen molar-refractivity contribution < 1.29 is 9.52 Å². The quantitative estimate of drug-likeness (QED) is 0.786. The third kappa shape index (κ3) is 2.68. The van der Waals surface area contributed by atoms with Crippen LogP contribution in [0.4, 0.5) is 0 Å². The van der Waals surface area contributed by atoms with E-state index in [0.29, 0.717) is 12.3 Å². The third-order valence-corrected chi connectivity index (χ3v) is 3.19. The number of rotatable bonds is 2. The van der Waals surface area contributed by atoms with Gasteiger partial charge in [0.1, 0.15) is 12.0 Å². The van der Waals surface area contributed by atoms with Crippen molar-refractivity contribution in [1.82, 2.24) is 10.2 Å². The molecule has 1 saturated heterocycles. The lowest BCUT2D eigenvalue weighted by Gasteiger charge is -2.42. The predicted octanol–water partition coefficient (Wildman–Crippen LogP) is 0.529. The van der Waals surface area contributed by atoms with Gasteiger partial charge in [0.25, 0.3) is 0 Å². The zero-order chi connectivity index (χ0) is 12.5. The Morgan fingerprint density at radius 1 is 1.59 bits per heavy atom. The molecule has 1 fully saturated rings. The van der Waals surface area contributed by atoms with Gasteiger partial charge < -0.3 is 14.8 Å². The highest BCUT2D eigenvalue weighted by atomic mass is 16.4. The SMILES string of the molecule is CC1(C)CNCCN1Cc1cc(=O)c(O)co1. The standard InChI is InChI=1S/C12H18N2O3/c1-12(2)8-13-3-4-14(12)6-9-5-10(15)11(16)7-17-9/h5,7,13,16H,3-4,6,8H2,1-2H3. The van der Waals surface area contributed by atoms with E-state index in [1.807, 2.05) is 0 Å². The summed E-state index contributed by atoms with van der Waals surface area (Å²) >= 11 is 0. The molecule has 0 spiro atoms. The van der Waals surface area contributed by atoms with Gasteiger partial charge in [0, 0.05) is 31.2 Å². The fraction of sp³-hybridized carbons (Fsp3) is 0.583. The molecule has 1 aromatic rings. The van der Waals surface area contributed by atoms with Gasteiger partial charge in [0.05, 0.1) is 6.54 Å². The first-order chi connectivity index (χ1) is 7.99. The Hall–Kier alpha value is -1.33. The summed E-state index contributed by atoms with van der Waals surface area (Å²) in [6.07, 6.45) is 1.10. The highest BCUT2D eigenvalue weighted by molar-refractivity contribution is 5.15. The van der Waals surface area contributed by atoms with Crippen molar-refractivity contribution in [2.75, 3.05) is 19.6 Å². The highest BCUT2D eigenvalue weighted by Gasteiger charge is 2.29. The number of hydrogen-bond acceptors (Lipinski definition) is 5. The average Bonchev–Trinajstić information content (AvgIpc) is 2.26. The van der Waals surface area contributed by atoms with Gasteiger partial charge in [-0.1, -0.05) is 0 Å². The smallest absolute Gasteiger partial charge is 0.226 e. The molecule has 2 rings (SSSR count). The first kappa shape index (κ1) is 12.1. The molecule has 0 atom stereocenters. The summed E-state index contributed by atoms with van der Waals surface area (Å²) in [5.41, 5.74) is -0.353. The first-order valence-electron chi connectivity index (χ1n) is 5.75. The molecular formula is C12H18N2O3. The van der Waals surface area contributed by atoms with Crippen molar-refractivity contribution in [3.8, 4) is 5.75 Å². The highest BCUT2D eigenvalue weighted by Crippen LogP contribution is 2.19. The van der Waals surface area contributed by atoms with Crippen LogP contribution in [0.5, 0.6) is 5.75 Å². The summed E-state index contributed by atoms with van der Waals surface area (Å²) in [6.45, 7) is 7.65. The van der Waals surface area contributed by atoms with Gasteiger partial charge in [0.2, 0.25) is 5.43 Å². The minimum atomic E-state index is -0.390. The number of nitrogens with one attached hydrogen (secondary N) is 1. The molecule has 1 aliphatic rings. The van der Waals surface area contributed by atoms with E-state index in [1.54, 1.807) is 0 Å². The van der Waals surface area contributed by atoms with Gasteiger partial charge in [-0.25, -0.2) is 0 Å². The molecule has 0 amide bonds. The second-order valence-electron chi connectivity index (χ2n) is 5.01. The van der Waals surface area contributed by atoms with Crippen LogP contribution in [-0.2, 0) is 6.54 Å². The van der Waals surface area contributed by atoms with Gasteiger partial charge in [-0.15, -0.1) is 0 Å². The van der Waals surface area contributed by atoms with Crippen LogP contribution in [0.1, 0.15) is 19.6 Å². The molecule has 0 aliphatic carbocycles. The van der Waals surface area contributed by atoms with Gasteiger partial charge in [-0.3, -0.25) is 9.69 Å². The average molecular weight is 238 g/mol. The second kappa shape index (κ2) is 4.50. The topological polar surface area (TPSA) is 65.7 Å². The summed E-state index contributed by atoms with van der Waals surface area (Å²) in [6, 6.07) is 1.35. The Bertz CT molecular complexity index is 453. The Morgan fingerprint density at radius 3 is 3.00 bits per heavy atom. The Labute approximate surface area is 100 Å². The fourth-order valence-corrected chi connectivity index (χ4v) is 2.03. The maximum absolute atomic E-state index is 11.3.